The largest absolute Gasteiger partial charge is 0.465 e. The highest BCUT2D eigenvalue weighted by Crippen LogP contribution is 2.27. The molecule has 1 N–H and O–H groups in total. The Morgan fingerprint density at radius 1 is 1.44 bits per heavy atom. The molecule has 0 atom stereocenters. The summed E-state index contributed by atoms with van der Waals surface area (Å²) in [5.74, 6) is -0.301. The summed E-state index contributed by atoms with van der Waals surface area (Å²) in [4.78, 5) is 12.0. The van der Waals surface area contributed by atoms with Gasteiger partial charge in [-0.2, -0.15) is 0 Å². The van der Waals surface area contributed by atoms with E-state index in [0.29, 0.717) is 11.3 Å². The molecule has 1 aromatic heterocycles. The average molecular weight is 236 g/mol. The first kappa shape index (κ1) is 11.1. The van der Waals surface area contributed by atoms with E-state index in [-0.39, 0.29) is 12.6 Å². The predicted molar refractivity (Wildman–Crippen MR) is 64.0 cm³/mol. The van der Waals surface area contributed by atoms with Gasteiger partial charge in [-0.05, 0) is 29.5 Å². The minimum absolute atomic E-state index is 0.138. The molecule has 0 amide bonds. The molecule has 2 rings (SSSR count). The average Bonchev–Trinajstić information content (AvgIpc) is 2.71. The Labute approximate surface area is 97.3 Å². The zero-order valence-electron chi connectivity index (χ0n) is 8.90. The number of aliphatic hydroxyl groups is 1. The topological polar surface area (TPSA) is 46.5 Å². The van der Waals surface area contributed by atoms with Crippen molar-refractivity contribution in [1.82, 2.24) is 0 Å². The Morgan fingerprint density at radius 2 is 2.25 bits per heavy atom. The molecule has 1 aromatic carbocycles. The summed E-state index contributed by atoms with van der Waals surface area (Å²) in [6.07, 6.45) is 0.638. The van der Waals surface area contributed by atoms with Gasteiger partial charge in [0.1, 0.15) is 4.88 Å². The van der Waals surface area contributed by atoms with Gasteiger partial charge in [-0.3, -0.25) is 0 Å². The monoisotopic (exact) mass is 236 g/mol. The van der Waals surface area contributed by atoms with E-state index in [1.165, 1.54) is 18.4 Å². The fourth-order valence-electron chi connectivity index (χ4n) is 1.58. The first-order valence-electron chi connectivity index (χ1n) is 4.96. The molecule has 16 heavy (non-hydrogen) atoms. The van der Waals surface area contributed by atoms with E-state index in [1.54, 1.807) is 0 Å². The molecule has 0 radical (unpaired) electrons. The molecule has 1 heterocycles. The van der Waals surface area contributed by atoms with E-state index < -0.39 is 0 Å². The summed E-state index contributed by atoms with van der Waals surface area (Å²) in [5, 5.41) is 9.88. The van der Waals surface area contributed by atoms with Crippen molar-refractivity contribution in [3.8, 4) is 0 Å². The van der Waals surface area contributed by atoms with Gasteiger partial charge in [0.05, 0.1) is 7.11 Å². The van der Waals surface area contributed by atoms with Gasteiger partial charge in [-0.15, -0.1) is 11.3 Å². The number of thiophene rings is 1. The van der Waals surface area contributed by atoms with Gasteiger partial charge in [0, 0.05) is 11.3 Å². The number of esters is 1. The van der Waals surface area contributed by atoms with Crippen LogP contribution in [0.3, 0.4) is 0 Å². The summed E-state index contributed by atoms with van der Waals surface area (Å²) in [7, 11) is 1.38. The SMILES string of the molecule is COC(=O)c1cc2cc(CCO)ccc2s1. The van der Waals surface area contributed by atoms with Crippen molar-refractivity contribution >= 4 is 27.4 Å². The Morgan fingerprint density at radius 3 is 2.94 bits per heavy atom. The van der Waals surface area contributed by atoms with Crippen LogP contribution in [0.5, 0.6) is 0 Å². The number of aliphatic hydroxyl groups excluding tert-OH is 1. The lowest BCUT2D eigenvalue weighted by atomic mass is 10.1. The number of rotatable bonds is 3. The van der Waals surface area contributed by atoms with E-state index in [0.717, 1.165) is 15.6 Å². The molecule has 0 saturated carbocycles. The van der Waals surface area contributed by atoms with Gasteiger partial charge >= 0.3 is 5.97 Å². The van der Waals surface area contributed by atoms with Crippen LogP contribution < -0.4 is 0 Å². The molecule has 3 nitrogen and oxygen atoms in total. The molecule has 0 aliphatic carbocycles. The van der Waals surface area contributed by atoms with Crippen molar-refractivity contribution < 1.29 is 14.6 Å². The van der Waals surface area contributed by atoms with Crippen molar-refractivity contribution in [2.24, 2.45) is 0 Å². The van der Waals surface area contributed by atoms with Gasteiger partial charge in [-0.1, -0.05) is 12.1 Å². The molecule has 0 aliphatic rings. The lowest BCUT2D eigenvalue weighted by molar-refractivity contribution is 0.0606. The fourth-order valence-corrected chi connectivity index (χ4v) is 2.54. The van der Waals surface area contributed by atoms with E-state index in [9.17, 15) is 4.79 Å². The summed E-state index contributed by atoms with van der Waals surface area (Å²) >= 11 is 1.42. The number of hydrogen-bond donors (Lipinski definition) is 1. The van der Waals surface area contributed by atoms with Crippen molar-refractivity contribution in [1.29, 1.82) is 0 Å². The minimum Gasteiger partial charge on any atom is -0.465 e. The van der Waals surface area contributed by atoms with E-state index >= 15 is 0 Å². The Balaban J connectivity index is 2.41. The number of carbonyl (C=O) groups excluding carboxylic acids is 1. The standard InChI is InChI=1S/C12H12O3S/c1-15-12(14)11-7-9-6-8(4-5-13)2-3-10(9)16-11/h2-3,6-7,13H,4-5H2,1H3. The highest BCUT2D eigenvalue weighted by molar-refractivity contribution is 7.20. The highest BCUT2D eigenvalue weighted by atomic mass is 32.1. The predicted octanol–water partition coefficient (Wildman–Crippen LogP) is 2.22. The minimum atomic E-state index is -0.301. The maximum atomic E-state index is 11.3. The Bertz CT molecular complexity index is 516. The lowest BCUT2D eigenvalue weighted by Crippen LogP contribution is -1.96. The van der Waals surface area contributed by atoms with Crippen molar-refractivity contribution in [3.63, 3.8) is 0 Å². The summed E-state index contributed by atoms with van der Waals surface area (Å²) in [5.41, 5.74) is 1.07. The number of hydrogen-bond acceptors (Lipinski definition) is 4. The Kier molecular flexibility index (Phi) is 3.22. The van der Waals surface area contributed by atoms with Gasteiger partial charge in [0.25, 0.3) is 0 Å². The molecule has 84 valence electrons. The second kappa shape index (κ2) is 4.63. The first-order valence-corrected chi connectivity index (χ1v) is 5.78. The van der Waals surface area contributed by atoms with Crippen LogP contribution in [0.2, 0.25) is 0 Å². The molecule has 0 bridgehead atoms. The molecular weight excluding hydrogens is 224 g/mol. The fraction of sp³-hybridized carbons (Fsp3) is 0.250. The third-order valence-electron chi connectivity index (χ3n) is 2.37. The van der Waals surface area contributed by atoms with Crippen LogP contribution in [-0.4, -0.2) is 24.8 Å². The van der Waals surface area contributed by atoms with Crippen LogP contribution in [-0.2, 0) is 11.2 Å². The van der Waals surface area contributed by atoms with Crippen LogP contribution >= 0.6 is 11.3 Å². The van der Waals surface area contributed by atoms with Crippen LogP contribution in [0.1, 0.15) is 15.2 Å². The molecule has 4 heteroatoms. The number of fused-ring (bicyclic) bond motifs is 1. The maximum Gasteiger partial charge on any atom is 0.348 e. The molecule has 0 spiro atoms. The van der Waals surface area contributed by atoms with Gasteiger partial charge in [-0.25, -0.2) is 4.79 Å². The number of methoxy groups -OCH3 is 1. The normalized spacial score (nSPS) is 10.6. The van der Waals surface area contributed by atoms with Gasteiger partial charge in [0.15, 0.2) is 0 Å². The molecule has 0 saturated heterocycles. The van der Waals surface area contributed by atoms with E-state index in [2.05, 4.69) is 4.74 Å². The van der Waals surface area contributed by atoms with Crippen LogP contribution in [0.25, 0.3) is 10.1 Å². The molecule has 0 fully saturated rings. The zero-order chi connectivity index (χ0) is 11.5. The van der Waals surface area contributed by atoms with Crippen LogP contribution in [0, 0.1) is 0 Å². The third-order valence-corrected chi connectivity index (χ3v) is 3.46. The van der Waals surface area contributed by atoms with Crippen LogP contribution in [0.4, 0.5) is 0 Å². The number of carbonyl (C=O) groups is 1. The van der Waals surface area contributed by atoms with Crippen LogP contribution in [0.15, 0.2) is 24.3 Å². The molecule has 0 unspecified atom stereocenters. The molecule has 0 aliphatic heterocycles. The van der Waals surface area contributed by atoms with E-state index in [1.807, 2.05) is 24.3 Å². The number of benzene rings is 1. The summed E-state index contributed by atoms with van der Waals surface area (Å²) in [6.45, 7) is 0.138. The van der Waals surface area contributed by atoms with Gasteiger partial charge in [0.2, 0.25) is 0 Å². The zero-order valence-corrected chi connectivity index (χ0v) is 9.71. The summed E-state index contributed by atoms with van der Waals surface area (Å²) < 4.78 is 5.73. The highest BCUT2D eigenvalue weighted by Gasteiger charge is 2.10. The Hall–Kier alpha value is -1.39. The summed E-state index contributed by atoms with van der Waals surface area (Å²) in [6, 6.07) is 7.76. The second-order valence-corrected chi connectivity index (χ2v) is 4.53. The smallest absolute Gasteiger partial charge is 0.348 e. The lowest BCUT2D eigenvalue weighted by Gasteiger charge is -1.96. The van der Waals surface area contributed by atoms with E-state index in [4.69, 9.17) is 5.11 Å². The third kappa shape index (κ3) is 2.08. The number of ether oxygens (including phenoxy) is 1. The maximum absolute atomic E-state index is 11.3. The molecule has 2 aromatic rings. The van der Waals surface area contributed by atoms with Crippen molar-refractivity contribution in [2.45, 2.75) is 6.42 Å². The quantitative estimate of drug-likeness (QED) is 0.831. The second-order valence-electron chi connectivity index (χ2n) is 3.45. The van der Waals surface area contributed by atoms with Crippen molar-refractivity contribution in [2.75, 3.05) is 13.7 Å². The van der Waals surface area contributed by atoms with Crippen molar-refractivity contribution in [3.05, 3.63) is 34.7 Å². The van der Waals surface area contributed by atoms with Gasteiger partial charge < -0.3 is 9.84 Å². The molecular formula is C12H12O3S. The first-order chi connectivity index (χ1) is 7.74.